The summed E-state index contributed by atoms with van der Waals surface area (Å²) in [5.74, 6) is 0.146. The van der Waals surface area contributed by atoms with Crippen LogP contribution in [0.15, 0.2) is 54.7 Å². The number of nitrogens with one attached hydrogen (secondary N) is 2. The molecule has 1 aromatic heterocycles. The normalized spacial score (nSPS) is 23.8. The topological polar surface area (TPSA) is 89.5 Å². The molecule has 2 amide bonds. The van der Waals surface area contributed by atoms with Crippen LogP contribution in [0.4, 0.5) is 5.69 Å². The summed E-state index contributed by atoms with van der Waals surface area (Å²) in [6.07, 6.45) is 6.63. The second-order valence-electron chi connectivity index (χ2n) is 7.59. The first kappa shape index (κ1) is 19.9. The molecule has 7 nitrogen and oxygen atoms in total. The van der Waals surface area contributed by atoms with Crippen molar-refractivity contribution in [2.45, 2.75) is 13.0 Å². The molecule has 1 heterocycles. The Labute approximate surface area is 175 Å². The number of carbonyl (C=O) groups is 2. The Kier molecular flexibility index (Phi) is 5.70. The van der Waals surface area contributed by atoms with Crippen LogP contribution in [-0.4, -0.2) is 31.0 Å². The van der Waals surface area contributed by atoms with Crippen LogP contribution in [-0.2, 0) is 16.1 Å². The van der Waals surface area contributed by atoms with Gasteiger partial charge in [-0.1, -0.05) is 18.2 Å². The van der Waals surface area contributed by atoms with Gasteiger partial charge in [-0.15, -0.1) is 0 Å². The summed E-state index contributed by atoms with van der Waals surface area (Å²) >= 11 is 0. The second-order valence-corrected chi connectivity index (χ2v) is 7.59. The summed E-state index contributed by atoms with van der Waals surface area (Å²) in [6, 6.07) is 10.8. The lowest BCUT2D eigenvalue weighted by atomic mass is 9.81. The zero-order valence-corrected chi connectivity index (χ0v) is 17.0. The summed E-state index contributed by atoms with van der Waals surface area (Å²) in [5.41, 5.74) is 1.31. The van der Waals surface area contributed by atoms with E-state index in [0.29, 0.717) is 23.7 Å². The van der Waals surface area contributed by atoms with E-state index in [4.69, 9.17) is 9.47 Å². The molecule has 7 heteroatoms. The number of anilines is 1. The van der Waals surface area contributed by atoms with Crippen LogP contribution in [0.1, 0.15) is 12.1 Å². The standard InChI is InChI=1S/C23H25N3O4/c1-29-17-8-9-19(30-2)18(12-17)26-23(28)21-15-7-6-14(11-15)20(21)22(27)25-13-16-5-3-4-10-24-16/h3-10,12,14-15,20-21H,11,13H2,1-2H3,(H,25,27)(H,26,28)/t14-,15+,20-,21-/m0/s1. The molecule has 0 radical (unpaired) electrons. The molecule has 30 heavy (non-hydrogen) atoms. The predicted octanol–water partition coefficient (Wildman–Crippen LogP) is 2.79. The minimum absolute atomic E-state index is 0.0530. The average molecular weight is 407 g/mol. The summed E-state index contributed by atoms with van der Waals surface area (Å²) in [4.78, 5) is 30.5. The van der Waals surface area contributed by atoms with E-state index in [0.717, 1.165) is 12.1 Å². The highest BCUT2D eigenvalue weighted by atomic mass is 16.5. The average Bonchev–Trinajstić information content (AvgIpc) is 3.40. The maximum absolute atomic E-state index is 13.2. The maximum Gasteiger partial charge on any atom is 0.229 e. The molecule has 2 N–H and O–H groups in total. The first-order valence-corrected chi connectivity index (χ1v) is 9.99. The molecule has 0 spiro atoms. The number of nitrogens with zero attached hydrogens (tertiary/aromatic N) is 1. The number of allylic oxidation sites excluding steroid dienone is 2. The number of hydrogen-bond donors (Lipinski definition) is 2. The highest BCUT2D eigenvalue weighted by molar-refractivity contribution is 5.98. The van der Waals surface area contributed by atoms with E-state index in [1.54, 1.807) is 38.6 Å². The Morgan fingerprint density at radius 3 is 2.47 bits per heavy atom. The Bertz CT molecular complexity index is 960. The van der Waals surface area contributed by atoms with E-state index >= 15 is 0 Å². The van der Waals surface area contributed by atoms with E-state index in [9.17, 15) is 9.59 Å². The van der Waals surface area contributed by atoms with Crippen LogP contribution in [0.3, 0.4) is 0 Å². The third kappa shape index (κ3) is 3.87. The van der Waals surface area contributed by atoms with Crippen molar-refractivity contribution in [3.8, 4) is 11.5 Å². The van der Waals surface area contributed by atoms with Crippen LogP contribution < -0.4 is 20.1 Å². The summed E-state index contributed by atoms with van der Waals surface area (Å²) in [5, 5.41) is 5.91. The van der Waals surface area contributed by atoms with Crippen molar-refractivity contribution in [3.05, 3.63) is 60.4 Å². The van der Waals surface area contributed by atoms with Gasteiger partial charge in [-0.05, 0) is 42.5 Å². The summed E-state index contributed by atoms with van der Waals surface area (Å²) in [6.45, 7) is 0.343. The van der Waals surface area contributed by atoms with Gasteiger partial charge >= 0.3 is 0 Å². The number of carbonyl (C=O) groups excluding carboxylic acids is 2. The van der Waals surface area contributed by atoms with E-state index in [2.05, 4.69) is 27.8 Å². The van der Waals surface area contributed by atoms with Gasteiger partial charge in [-0.3, -0.25) is 14.6 Å². The number of benzene rings is 1. The van der Waals surface area contributed by atoms with Crippen molar-refractivity contribution in [1.29, 1.82) is 0 Å². The summed E-state index contributed by atoms with van der Waals surface area (Å²) in [7, 11) is 3.11. The first-order valence-electron chi connectivity index (χ1n) is 9.99. The number of aromatic nitrogens is 1. The van der Waals surface area contributed by atoms with Gasteiger partial charge in [0.1, 0.15) is 11.5 Å². The first-order chi connectivity index (χ1) is 14.6. The second kappa shape index (κ2) is 8.57. The molecule has 2 aliphatic carbocycles. The lowest BCUT2D eigenvalue weighted by Crippen LogP contribution is -2.41. The predicted molar refractivity (Wildman–Crippen MR) is 112 cm³/mol. The molecule has 4 rings (SSSR count). The Hall–Kier alpha value is -3.35. The number of hydrogen-bond acceptors (Lipinski definition) is 5. The summed E-state index contributed by atoms with van der Waals surface area (Å²) < 4.78 is 10.6. The number of fused-ring (bicyclic) bond motifs is 2. The lowest BCUT2D eigenvalue weighted by molar-refractivity contribution is -0.133. The minimum atomic E-state index is -0.431. The maximum atomic E-state index is 13.2. The van der Waals surface area contributed by atoms with Gasteiger partial charge in [-0.25, -0.2) is 0 Å². The number of methoxy groups -OCH3 is 2. The lowest BCUT2D eigenvalue weighted by Gasteiger charge is -2.26. The van der Waals surface area contributed by atoms with E-state index < -0.39 is 11.8 Å². The molecule has 156 valence electrons. The molecule has 0 saturated heterocycles. The van der Waals surface area contributed by atoms with Gasteiger partial charge in [0.05, 0.1) is 44.0 Å². The molecule has 1 fully saturated rings. The van der Waals surface area contributed by atoms with Crippen molar-refractivity contribution in [3.63, 3.8) is 0 Å². The molecule has 2 aliphatic rings. The number of rotatable bonds is 7. The smallest absolute Gasteiger partial charge is 0.229 e. The van der Waals surface area contributed by atoms with Gasteiger partial charge in [0.15, 0.2) is 0 Å². The zero-order chi connectivity index (χ0) is 21.1. The van der Waals surface area contributed by atoms with Crippen molar-refractivity contribution in [2.75, 3.05) is 19.5 Å². The van der Waals surface area contributed by atoms with Crippen LogP contribution in [0.2, 0.25) is 0 Å². The van der Waals surface area contributed by atoms with E-state index in [-0.39, 0.29) is 23.7 Å². The van der Waals surface area contributed by atoms with E-state index in [1.807, 2.05) is 18.2 Å². The van der Waals surface area contributed by atoms with Gasteiger partial charge in [0.2, 0.25) is 11.8 Å². The molecule has 1 aromatic carbocycles. The van der Waals surface area contributed by atoms with Crippen molar-refractivity contribution in [1.82, 2.24) is 10.3 Å². The van der Waals surface area contributed by atoms with Crippen LogP contribution in [0.5, 0.6) is 11.5 Å². The molecular formula is C23H25N3O4. The molecular weight excluding hydrogens is 382 g/mol. The van der Waals surface area contributed by atoms with Crippen molar-refractivity contribution < 1.29 is 19.1 Å². The highest BCUT2D eigenvalue weighted by Crippen LogP contribution is 2.48. The molecule has 0 aliphatic heterocycles. The molecule has 2 bridgehead atoms. The van der Waals surface area contributed by atoms with Gasteiger partial charge in [0, 0.05) is 12.3 Å². The fraction of sp³-hybridized carbons (Fsp3) is 0.348. The Morgan fingerprint density at radius 2 is 1.80 bits per heavy atom. The molecule has 4 atom stereocenters. The molecule has 2 aromatic rings. The third-order valence-electron chi connectivity index (χ3n) is 5.90. The van der Waals surface area contributed by atoms with Gasteiger partial charge in [0.25, 0.3) is 0 Å². The van der Waals surface area contributed by atoms with Crippen molar-refractivity contribution in [2.24, 2.45) is 23.7 Å². The quantitative estimate of drug-likeness (QED) is 0.689. The van der Waals surface area contributed by atoms with Crippen molar-refractivity contribution >= 4 is 17.5 Å². The Morgan fingerprint density at radius 1 is 1.03 bits per heavy atom. The highest BCUT2D eigenvalue weighted by Gasteiger charge is 2.51. The fourth-order valence-corrected chi connectivity index (χ4v) is 4.46. The van der Waals surface area contributed by atoms with Crippen LogP contribution in [0.25, 0.3) is 0 Å². The van der Waals surface area contributed by atoms with Crippen LogP contribution in [0, 0.1) is 23.7 Å². The third-order valence-corrected chi connectivity index (χ3v) is 5.90. The van der Waals surface area contributed by atoms with E-state index in [1.165, 1.54) is 0 Å². The molecule has 1 saturated carbocycles. The number of ether oxygens (including phenoxy) is 2. The largest absolute Gasteiger partial charge is 0.497 e. The Balaban J connectivity index is 1.50. The van der Waals surface area contributed by atoms with Gasteiger partial charge < -0.3 is 20.1 Å². The van der Waals surface area contributed by atoms with Gasteiger partial charge in [-0.2, -0.15) is 0 Å². The minimum Gasteiger partial charge on any atom is -0.497 e. The fourth-order valence-electron chi connectivity index (χ4n) is 4.46. The monoisotopic (exact) mass is 407 g/mol. The number of pyridine rings is 1. The SMILES string of the molecule is COc1ccc(OC)c(NC(=O)[C@@H]2[C@@H](C(=O)NCc3ccccn3)[C@H]3C=C[C@@H]2C3)c1. The van der Waals surface area contributed by atoms with Crippen LogP contribution >= 0.6 is 0 Å². The number of amides is 2. The zero-order valence-electron chi connectivity index (χ0n) is 17.0. The molecule has 0 unspecified atom stereocenters.